The number of hydrogen-bond acceptors (Lipinski definition) is 4. The lowest BCUT2D eigenvalue weighted by Crippen LogP contribution is -2.58. The normalized spacial score (nSPS) is 20.9. The zero-order chi connectivity index (χ0) is 23.4. The maximum atomic E-state index is 13.0. The fourth-order valence-corrected chi connectivity index (χ4v) is 6.62. The highest BCUT2D eigenvalue weighted by Gasteiger charge is 2.40. The molecule has 1 saturated carbocycles. The van der Waals surface area contributed by atoms with Gasteiger partial charge in [0.05, 0.1) is 11.3 Å². The second kappa shape index (κ2) is 10.2. The summed E-state index contributed by atoms with van der Waals surface area (Å²) in [6, 6.07) is 4.64. The summed E-state index contributed by atoms with van der Waals surface area (Å²) in [4.78, 5) is 15.1. The van der Waals surface area contributed by atoms with Crippen LogP contribution in [0.3, 0.4) is 0 Å². The summed E-state index contributed by atoms with van der Waals surface area (Å²) in [5, 5.41) is 0. The summed E-state index contributed by atoms with van der Waals surface area (Å²) in [5.74, 6) is -0.117. The van der Waals surface area contributed by atoms with Crippen LogP contribution in [0, 0.1) is 0 Å². The quantitative estimate of drug-likeness (QED) is 0.511. The van der Waals surface area contributed by atoms with E-state index in [4.69, 9.17) is 0 Å². The van der Waals surface area contributed by atoms with Crippen molar-refractivity contribution >= 4 is 15.8 Å². The molecule has 2 fully saturated rings. The summed E-state index contributed by atoms with van der Waals surface area (Å²) < 4.78 is 65.4. The fourth-order valence-electron chi connectivity index (χ4n) is 5.12. The molecular formula is C23H33F3N2O3S. The van der Waals surface area contributed by atoms with Gasteiger partial charge in [-0.3, -0.25) is 9.69 Å². The minimum absolute atomic E-state index is 0.0984. The van der Waals surface area contributed by atoms with E-state index in [1.165, 1.54) is 12.1 Å². The highest BCUT2D eigenvalue weighted by atomic mass is 32.2. The van der Waals surface area contributed by atoms with Gasteiger partial charge in [-0.05, 0) is 37.8 Å². The van der Waals surface area contributed by atoms with E-state index in [0.29, 0.717) is 39.0 Å². The lowest BCUT2D eigenvalue weighted by molar-refractivity contribution is -0.137. The molecular weight excluding hydrogens is 441 g/mol. The minimum atomic E-state index is -4.47. The summed E-state index contributed by atoms with van der Waals surface area (Å²) in [5.41, 5.74) is -0.891. The first-order valence-corrected chi connectivity index (χ1v) is 13.1. The van der Waals surface area contributed by atoms with Gasteiger partial charge >= 0.3 is 6.18 Å². The largest absolute Gasteiger partial charge is 0.416 e. The lowest BCUT2D eigenvalue weighted by Gasteiger charge is -2.50. The van der Waals surface area contributed by atoms with Gasteiger partial charge in [-0.1, -0.05) is 38.3 Å². The summed E-state index contributed by atoms with van der Waals surface area (Å²) in [6.07, 6.45) is 1.99. The fraction of sp³-hybridized carbons (Fsp3) is 0.696. The SMILES string of the molecule is CCCS(=O)(=O)N1CCN(C2(CCC(=O)c3cccc(C(F)(F)F)c3)CCCCC2)CC1. The summed E-state index contributed by atoms with van der Waals surface area (Å²) >= 11 is 0. The van der Waals surface area contributed by atoms with E-state index in [1.54, 1.807) is 4.31 Å². The molecule has 0 spiro atoms. The molecule has 1 saturated heterocycles. The van der Waals surface area contributed by atoms with Crippen molar-refractivity contribution in [1.82, 2.24) is 9.21 Å². The molecule has 1 aromatic carbocycles. The number of sulfonamides is 1. The molecule has 180 valence electrons. The molecule has 32 heavy (non-hydrogen) atoms. The van der Waals surface area contributed by atoms with Crippen LogP contribution in [-0.2, 0) is 16.2 Å². The van der Waals surface area contributed by atoms with Crippen molar-refractivity contribution in [2.45, 2.75) is 70.0 Å². The van der Waals surface area contributed by atoms with Crippen LogP contribution >= 0.6 is 0 Å². The first-order valence-electron chi connectivity index (χ1n) is 11.5. The molecule has 9 heteroatoms. The molecule has 3 rings (SSSR count). The van der Waals surface area contributed by atoms with Crippen LogP contribution in [0.25, 0.3) is 0 Å². The molecule has 2 aliphatic rings. The standard InChI is InChI=1S/C23H33F3N2O3S/c1-2-17-32(30,31)28-15-13-27(14-16-28)22(10-4-3-5-11-22)12-9-21(29)19-7-6-8-20(18-19)23(24,25)26/h6-8,18H,2-5,9-17H2,1H3. The number of Topliss-reactive ketones (excluding diaryl/α,β-unsaturated/α-hetero) is 1. The van der Waals surface area contributed by atoms with Gasteiger partial charge in [0.2, 0.25) is 10.0 Å². The molecule has 0 N–H and O–H groups in total. The van der Waals surface area contributed by atoms with E-state index in [0.717, 1.165) is 44.2 Å². The van der Waals surface area contributed by atoms with Crippen LogP contribution < -0.4 is 0 Å². The van der Waals surface area contributed by atoms with Gasteiger partial charge in [-0.15, -0.1) is 0 Å². The maximum absolute atomic E-state index is 13.0. The Hall–Kier alpha value is -1.45. The molecule has 0 aromatic heterocycles. The third-order valence-electron chi connectivity index (χ3n) is 6.88. The molecule has 1 heterocycles. The average Bonchev–Trinajstić information content (AvgIpc) is 2.78. The smallest absolute Gasteiger partial charge is 0.295 e. The Morgan fingerprint density at radius 3 is 2.31 bits per heavy atom. The van der Waals surface area contributed by atoms with Crippen molar-refractivity contribution in [2.24, 2.45) is 0 Å². The van der Waals surface area contributed by atoms with Crippen molar-refractivity contribution in [3.63, 3.8) is 0 Å². The number of benzene rings is 1. The second-order valence-corrected chi connectivity index (χ2v) is 11.1. The molecule has 0 amide bonds. The first-order chi connectivity index (χ1) is 15.1. The highest BCUT2D eigenvalue weighted by Crippen LogP contribution is 2.39. The third kappa shape index (κ3) is 5.91. The summed E-state index contributed by atoms with van der Waals surface area (Å²) in [7, 11) is -3.22. The number of piperazine rings is 1. The van der Waals surface area contributed by atoms with Crippen LogP contribution in [-0.4, -0.2) is 60.9 Å². The molecule has 0 unspecified atom stereocenters. The van der Waals surface area contributed by atoms with Crippen LogP contribution in [0.15, 0.2) is 24.3 Å². The number of nitrogens with zero attached hydrogens (tertiary/aromatic N) is 2. The van der Waals surface area contributed by atoms with Gasteiger partial charge in [0, 0.05) is 43.7 Å². The zero-order valence-corrected chi connectivity index (χ0v) is 19.5. The van der Waals surface area contributed by atoms with E-state index in [-0.39, 0.29) is 29.1 Å². The molecule has 0 bridgehead atoms. The van der Waals surface area contributed by atoms with Gasteiger partial charge in [-0.2, -0.15) is 17.5 Å². The van der Waals surface area contributed by atoms with E-state index < -0.39 is 21.8 Å². The average molecular weight is 475 g/mol. The van der Waals surface area contributed by atoms with Gasteiger partial charge in [0.25, 0.3) is 0 Å². The molecule has 1 aliphatic heterocycles. The van der Waals surface area contributed by atoms with Gasteiger partial charge in [0.15, 0.2) is 5.78 Å². The number of rotatable bonds is 8. The Bertz CT molecular complexity index is 888. The Labute approximate surface area is 189 Å². The topological polar surface area (TPSA) is 57.7 Å². The number of hydrogen-bond donors (Lipinski definition) is 0. The minimum Gasteiger partial charge on any atom is -0.295 e. The Morgan fingerprint density at radius 1 is 1.06 bits per heavy atom. The first kappa shape index (κ1) is 25.2. The number of carbonyl (C=O) groups is 1. The van der Waals surface area contributed by atoms with E-state index >= 15 is 0 Å². The predicted molar refractivity (Wildman–Crippen MR) is 118 cm³/mol. The van der Waals surface area contributed by atoms with Gasteiger partial charge < -0.3 is 0 Å². The Balaban J connectivity index is 1.68. The maximum Gasteiger partial charge on any atom is 0.416 e. The Kier molecular flexibility index (Phi) is 8.04. The van der Waals surface area contributed by atoms with Gasteiger partial charge in [0.1, 0.15) is 0 Å². The van der Waals surface area contributed by atoms with Crippen molar-refractivity contribution in [3.8, 4) is 0 Å². The predicted octanol–water partition coefficient (Wildman–Crippen LogP) is 4.73. The second-order valence-electron chi connectivity index (χ2n) is 8.99. The number of ketones is 1. The third-order valence-corrected chi connectivity index (χ3v) is 8.95. The van der Waals surface area contributed by atoms with E-state index in [2.05, 4.69) is 4.90 Å². The van der Waals surface area contributed by atoms with E-state index in [9.17, 15) is 26.4 Å². The molecule has 5 nitrogen and oxygen atoms in total. The molecule has 1 aromatic rings. The van der Waals surface area contributed by atoms with Crippen molar-refractivity contribution in [3.05, 3.63) is 35.4 Å². The monoisotopic (exact) mass is 474 g/mol. The van der Waals surface area contributed by atoms with Gasteiger partial charge in [-0.25, -0.2) is 8.42 Å². The van der Waals surface area contributed by atoms with Crippen LogP contribution in [0.4, 0.5) is 13.2 Å². The lowest BCUT2D eigenvalue weighted by atomic mass is 9.76. The summed E-state index contributed by atoms with van der Waals surface area (Å²) in [6.45, 7) is 4.00. The van der Waals surface area contributed by atoms with Crippen molar-refractivity contribution in [2.75, 3.05) is 31.9 Å². The van der Waals surface area contributed by atoms with E-state index in [1.807, 2.05) is 6.92 Å². The van der Waals surface area contributed by atoms with Crippen LogP contribution in [0.2, 0.25) is 0 Å². The number of halogens is 3. The van der Waals surface area contributed by atoms with Crippen molar-refractivity contribution < 1.29 is 26.4 Å². The van der Waals surface area contributed by atoms with Crippen LogP contribution in [0.1, 0.15) is 74.2 Å². The molecule has 1 aliphatic carbocycles. The van der Waals surface area contributed by atoms with Crippen molar-refractivity contribution in [1.29, 1.82) is 0 Å². The highest BCUT2D eigenvalue weighted by molar-refractivity contribution is 7.89. The molecule has 0 atom stereocenters. The Morgan fingerprint density at radius 2 is 1.72 bits per heavy atom. The zero-order valence-electron chi connectivity index (χ0n) is 18.7. The number of carbonyl (C=O) groups excluding carboxylic acids is 1. The molecule has 0 radical (unpaired) electrons. The van der Waals surface area contributed by atoms with Crippen LogP contribution in [0.5, 0.6) is 0 Å². The number of alkyl halides is 3.